The van der Waals surface area contributed by atoms with Gasteiger partial charge in [0, 0.05) is 13.5 Å². The van der Waals surface area contributed by atoms with Gasteiger partial charge in [0.05, 0.1) is 25.9 Å². The standard InChI is InChI=1S/C22H40N2O15/c1-7-18(38-22-16(32)14(30)12(28)9(5-25)37-22)15(31)17(33)21(35-7)39-19-11(24-8(2)27)20(34-4-3-23)36-10(6-26)13(19)29/h7,9-22,25-26,28-33H,3-6,23H2,1-2H3,(H,24,27)/t7-,9+,10+,11+,12+,13+,14-,15-,16+,17+,18-,19+,20+,21-,22+/m0/s1. The van der Waals surface area contributed by atoms with Crippen molar-refractivity contribution in [2.24, 2.45) is 5.73 Å². The van der Waals surface area contributed by atoms with Gasteiger partial charge >= 0.3 is 0 Å². The van der Waals surface area contributed by atoms with Crippen molar-refractivity contribution in [2.75, 3.05) is 26.4 Å². The molecule has 3 saturated heterocycles. The lowest BCUT2D eigenvalue weighted by Gasteiger charge is -2.48. The highest BCUT2D eigenvalue weighted by Gasteiger charge is 2.53. The molecule has 0 bridgehead atoms. The molecule has 15 atom stereocenters. The van der Waals surface area contributed by atoms with Gasteiger partial charge in [-0.1, -0.05) is 0 Å². The molecule has 0 aliphatic carbocycles. The molecule has 3 heterocycles. The zero-order valence-electron chi connectivity index (χ0n) is 21.5. The van der Waals surface area contributed by atoms with Gasteiger partial charge in [-0.15, -0.1) is 0 Å². The van der Waals surface area contributed by atoms with Crippen LogP contribution < -0.4 is 11.1 Å². The third-order valence-electron chi connectivity index (χ3n) is 6.83. The minimum atomic E-state index is -1.81. The van der Waals surface area contributed by atoms with Crippen LogP contribution in [-0.4, -0.2) is 165 Å². The molecule has 3 aliphatic rings. The Morgan fingerprint density at radius 3 is 1.90 bits per heavy atom. The molecular weight excluding hydrogens is 532 g/mol. The molecule has 0 spiro atoms. The van der Waals surface area contributed by atoms with Crippen LogP contribution in [0.15, 0.2) is 0 Å². The average molecular weight is 573 g/mol. The fourth-order valence-corrected chi connectivity index (χ4v) is 4.74. The second-order valence-corrected chi connectivity index (χ2v) is 9.69. The number of nitrogens with one attached hydrogen (secondary N) is 1. The molecule has 0 radical (unpaired) electrons. The van der Waals surface area contributed by atoms with E-state index < -0.39 is 111 Å². The van der Waals surface area contributed by atoms with Crippen LogP contribution in [0.4, 0.5) is 0 Å². The summed E-state index contributed by atoms with van der Waals surface area (Å²) in [6.45, 7) is 1.43. The van der Waals surface area contributed by atoms with E-state index >= 15 is 0 Å². The van der Waals surface area contributed by atoms with Gasteiger partial charge in [0.25, 0.3) is 0 Å². The lowest BCUT2D eigenvalue weighted by molar-refractivity contribution is -0.369. The summed E-state index contributed by atoms with van der Waals surface area (Å²) < 4.78 is 33.5. The molecule has 0 aromatic heterocycles. The van der Waals surface area contributed by atoms with Crippen molar-refractivity contribution in [3.05, 3.63) is 0 Å². The van der Waals surface area contributed by atoms with Crippen molar-refractivity contribution in [1.29, 1.82) is 0 Å². The first-order valence-electron chi connectivity index (χ1n) is 12.6. The number of amides is 1. The zero-order valence-corrected chi connectivity index (χ0v) is 21.5. The van der Waals surface area contributed by atoms with Crippen molar-refractivity contribution >= 4 is 5.91 Å². The second-order valence-electron chi connectivity index (χ2n) is 9.69. The van der Waals surface area contributed by atoms with E-state index in [0.29, 0.717) is 0 Å². The van der Waals surface area contributed by atoms with E-state index in [2.05, 4.69) is 5.32 Å². The number of ether oxygens (including phenoxy) is 6. The van der Waals surface area contributed by atoms with Gasteiger partial charge in [0.15, 0.2) is 18.9 Å². The first-order chi connectivity index (χ1) is 18.4. The fourth-order valence-electron chi connectivity index (χ4n) is 4.74. The summed E-state index contributed by atoms with van der Waals surface area (Å²) in [6, 6.07) is -1.14. The molecule has 1 amide bonds. The highest BCUT2D eigenvalue weighted by Crippen LogP contribution is 2.32. The van der Waals surface area contributed by atoms with E-state index in [1.54, 1.807) is 0 Å². The van der Waals surface area contributed by atoms with Crippen LogP contribution in [0.3, 0.4) is 0 Å². The lowest BCUT2D eigenvalue weighted by Crippen LogP contribution is -2.68. The summed E-state index contributed by atoms with van der Waals surface area (Å²) in [7, 11) is 0. The summed E-state index contributed by atoms with van der Waals surface area (Å²) in [5.41, 5.74) is 5.48. The first-order valence-corrected chi connectivity index (χ1v) is 12.6. The molecule has 3 rings (SSSR count). The molecule has 17 nitrogen and oxygen atoms in total. The van der Waals surface area contributed by atoms with E-state index in [-0.39, 0.29) is 13.2 Å². The molecule has 39 heavy (non-hydrogen) atoms. The number of hydrogen-bond acceptors (Lipinski definition) is 16. The van der Waals surface area contributed by atoms with Crippen LogP contribution in [0, 0.1) is 0 Å². The van der Waals surface area contributed by atoms with Crippen LogP contribution in [0.2, 0.25) is 0 Å². The van der Waals surface area contributed by atoms with Crippen LogP contribution in [0.25, 0.3) is 0 Å². The molecule has 0 aromatic carbocycles. The maximum atomic E-state index is 11.9. The van der Waals surface area contributed by atoms with E-state index in [4.69, 9.17) is 34.2 Å². The van der Waals surface area contributed by atoms with E-state index in [1.165, 1.54) is 13.8 Å². The van der Waals surface area contributed by atoms with Gasteiger partial charge in [-0.3, -0.25) is 4.79 Å². The minimum absolute atomic E-state index is 0.0109. The maximum absolute atomic E-state index is 11.9. The molecular formula is C22H40N2O15. The third-order valence-corrected chi connectivity index (χ3v) is 6.83. The highest BCUT2D eigenvalue weighted by molar-refractivity contribution is 5.73. The minimum Gasteiger partial charge on any atom is -0.394 e. The Labute approximate surface area is 223 Å². The molecule has 3 aliphatic heterocycles. The van der Waals surface area contributed by atoms with Gasteiger partial charge in [-0.2, -0.15) is 0 Å². The van der Waals surface area contributed by atoms with Crippen molar-refractivity contribution in [1.82, 2.24) is 5.32 Å². The van der Waals surface area contributed by atoms with Gasteiger partial charge in [-0.25, -0.2) is 0 Å². The normalized spacial score (nSPS) is 47.1. The summed E-state index contributed by atoms with van der Waals surface area (Å²) in [6.07, 6.45) is -20.8. The molecule has 228 valence electrons. The maximum Gasteiger partial charge on any atom is 0.217 e. The van der Waals surface area contributed by atoms with Gasteiger partial charge in [0.2, 0.25) is 5.91 Å². The Kier molecular flexibility index (Phi) is 11.8. The number of carbonyl (C=O) groups excluding carboxylic acids is 1. The van der Waals surface area contributed by atoms with E-state index in [9.17, 15) is 45.6 Å². The Morgan fingerprint density at radius 2 is 1.31 bits per heavy atom. The Morgan fingerprint density at radius 1 is 0.769 bits per heavy atom. The fraction of sp³-hybridized carbons (Fsp3) is 0.955. The number of aliphatic hydroxyl groups is 8. The van der Waals surface area contributed by atoms with Crippen molar-refractivity contribution in [3.8, 4) is 0 Å². The second kappa shape index (κ2) is 14.2. The number of hydrogen-bond donors (Lipinski definition) is 10. The summed E-state index contributed by atoms with van der Waals surface area (Å²) in [5.74, 6) is -0.528. The average Bonchev–Trinajstić information content (AvgIpc) is 2.90. The smallest absolute Gasteiger partial charge is 0.217 e. The largest absolute Gasteiger partial charge is 0.394 e. The van der Waals surface area contributed by atoms with E-state index in [1.807, 2.05) is 0 Å². The monoisotopic (exact) mass is 572 g/mol. The predicted molar refractivity (Wildman–Crippen MR) is 124 cm³/mol. The van der Waals surface area contributed by atoms with Crippen molar-refractivity contribution in [2.45, 2.75) is 106 Å². The Bertz CT molecular complexity index is 780. The van der Waals surface area contributed by atoms with Crippen molar-refractivity contribution in [3.63, 3.8) is 0 Å². The number of rotatable bonds is 10. The van der Waals surface area contributed by atoms with Crippen molar-refractivity contribution < 1.29 is 74.1 Å². The lowest BCUT2D eigenvalue weighted by atomic mass is 9.95. The summed E-state index contributed by atoms with van der Waals surface area (Å²) in [4.78, 5) is 11.9. The molecule has 17 heteroatoms. The van der Waals surface area contributed by atoms with Crippen LogP contribution in [0.1, 0.15) is 13.8 Å². The van der Waals surface area contributed by atoms with Gasteiger partial charge in [0.1, 0.15) is 67.1 Å². The molecule has 0 saturated carbocycles. The van der Waals surface area contributed by atoms with Gasteiger partial charge in [-0.05, 0) is 6.92 Å². The molecule has 0 unspecified atom stereocenters. The molecule has 3 fully saturated rings. The highest BCUT2D eigenvalue weighted by atomic mass is 16.7. The summed E-state index contributed by atoms with van der Waals surface area (Å²) in [5, 5.41) is 84.3. The molecule has 0 aromatic rings. The quantitative estimate of drug-likeness (QED) is 0.116. The zero-order chi connectivity index (χ0) is 29.0. The Hall–Kier alpha value is -1.13. The summed E-state index contributed by atoms with van der Waals surface area (Å²) >= 11 is 0. The van der Waals surface area contributed by atoms with Gasteiger partial charge < -0.3 is 80.3 Å². The SMILES string of the molecule is CC(=O)N[C@H]1[C@H](OCCN)O[C@H](CO)[C@@H](O)[C@@H]1O[C@@H]1O[C@@H](C)[C@H](O[C@H]2O[C@H](CO)[C@@H](O)[C@H](O)[C@H]2O)[C@@H](O)[C@H]1O. The van der Waals surface area contributed by atoms with Crippen LogP contribution in [-0.2, 0) is 33.2 Å². The van der Waals surface area contributed by atoms with Crippen LogP contribution in [0.5, 0.6) is 0 Å². The van der Waals surface area contributed by atoms with E-state index in [0.717, 1.165) is 0 Å². The predicted octanol–water partition coefficient (Wildman–Crippen LogP) is -6.42. The Balaban J connectivity index is 1.75. The third kappa shape index (κ3) is 7.21. The first kappa shape index (κ1) is 32.4. The number of nitrogens with two attached hydrogens (primary N) is 1. The van der Waals surface area contributed by atoms with Crippen LogP contribution >= 0.6 is 0 Å². The molecule has 11 N–H and O–H groups in total. The number of carbonyl (C=O) groups is 1. The topological polar surface area (TPSA) is 272 Å². The number of aliphatic hydroxyl groups excluding tert-OH is 8.